The van der Waals surface area contributed by atoms with Crippen LogP contribution in [-0.4, -0.2) is 142 Å². The number of rotatable bonds is 10. The Labute approximate surface area is 349 Å². The van der Waals surface area contributed by atoms with Gasteiger partial charge in [-0.15, -0.1) is 0 Å². The number of nitrogens with two attached hydrogens (primary N) is 1. The van der Waals surface area contributed by atoms with E-state index in [2.05, 4.69) is 56.0 Å². The van der Waals surface area contributed by atoms with Crippen molar-refractivity contribution in [3.05, 3.63) is 88.9 Å². The van der Waals surface area contributed by atoms with Crippen LogP contribution in [0.1, 0.15) is 87.8 Å². The summed E-state index contributed by atoms with van der Waals surface area (Å²) in [5, 5.41) is 6.00. The standard InChI is InChI=1S/C44H53N11O5/c1-27-6-13-35(40(57)47-27)55-41(58)33-12-7-28(21-34(33)42(55)59)23-51-24-32(25-51)52-17-14-44(2,15-18-52)29-8-10-30(11-9-29)48-39-37(38(45)56)46-22-36(49-39)53-16-4-5-31(26-53)54-20-19-50(3)43(54)60/h7-12,21-22,31-32,35H,1,4-6,13-20,23-26H2,2-3H3,(H2,45,56)(H,47,57)(H,48,49)/t31-,35?/m1/s1. The molecule has 7 heterocycles. The Hall–Kier alpha value is -5.87. The fourth-order valence-electron chi connectivity index (χ4n) is 9.85. The minimum atomic E-state index is -0.815. The number of amides is 6. The number of likely N-dealkylation sites (N-methyl/N-ethyl adjacent to an activating group) is 1. The largest absolute Gasteiger partial charge is 0.364 e. The van der Waals surface area contributed by atoms with Crippen LogP contribution in [0.4, 0.5) is 22.1 Å². The fourth-order valence-corrected chi connectivity index (χ4v) is 9.85. The monoisotopic (exact) mass is 815 g/mol. The third kappa shape index (κ3) is 7.35. The summed E-state index contributed by atoms with van der Waals surface area (Å²) in [6, 6.07) is 13.6. The predicted octanol–water partition coefficient (Wildman–Crippen LogP) is 3.28. The molecule has 60 heavy (non-hydrogen) atoms. The minimum absolute atomic E-state index is 0.0153. The first-order valence-corrected chi connectivity index (χ1v) is 21.1. The molecule has 1 aromatic heterocycles. The number of imide groups is 1. The molecule has 16 nitrogen and oxygen atoms in total. The Morgan fingerprint density at radius 2 is 1.68 bits per heavy atom. The van der Waals surface area contributed by atoms with Gasteiger partial charge in [0.1, 0.15) is 11.9 Å². The van der Waals surface area contributed by atoms with Gasteiger partial charge >= 0.3 is 6.03 Å². The molecular formula is C44H53N11O5. The summed E-state index contributed by atoms with van der Waals surface area (Å²) in [5.74, 6) is -0.884. The van der Waals surface area contributed by atoms with E-state index in [-0.39, 0.29) is 29.1 Å². The minimum Gasteiger partial charge on any atom is -0.364 e. The number of likely N-dealkylation sites (tertiary alicyclic amines) is 2. The van der Waals surface area contributed by atoms with Crippen molar-refractivity contribution < 1.29 is 24.0 Å². The highest BCUT2D eigenvalue weighted by Crippen LogP contribution is 2.38. The number of allylic oxidation sites excluding steroid dienone is 1. The van der Waals surface area contributed by atoms with Gasteiger partial charge in [0.15, 0.2) is 11.5 Å². The highest BCUT2D eigenvalue weighted by atomic mass is 16.2. The first-order chi connectivity index (χ1) is 28.8. The third-order valence-corrected chi connectivity index (χ3v) is 13.6. The molecule has 0 aliphatic carbocycles. The van der Waals surface area contributed by atoms with Crippen molar-refractivity contribution in [1.82, 2.24) is 39.8 Å². The summed E-state index contributed by atoms with van der Waals surface area (Å²) in [7, 11) is 1.83. The normalized spacial score (nSPS) is 23.9. The molecule has 4 N–H and O–H groups in total. The molecule has 5 saturated heterocycles. The number of carbonyl (C=O) groups is 5. The molecule has 1 unspecified atom stereocenters. The second-order valence-corrected chi connectivity index (χ2v) is 17.6. The van der Waals surface area contributed by atoms with E-state index in [9.17, 15) is 24.0 Å². The lowest BCUT2D eigenvalue weighted by Gasteiger charge is -2.49. The summed E-state index contributed by atoms with van der Waals surface area (Å²) in [4.78, 5) is 85.4. The van der Waals surface area contributed by atoms with Gasteiger partial charge in [-0.2, -0.15) is 0 Å². The van der Waals surface area contributed by atoms with Crippen molar-refractivity contribution in [2.45, 2.75) is 75.5 Å². The van der Waals surface area contributed by atoms with Gasteiger partial charge in [0.2, 0.25) is 5.91 Å². The van der Waals surface area contributed by atoms with E-state index in [1.54, 1.807) is 17.2 Å². The number of fused-ring (bicyclic) bond motifs is 1. The molecule has 0 radical (unpaired) electrons. The Bertz CT molecular complexity index is 2250. The number of anilines is 3. The average Bonchev–Trinajstić information content (AvgIpc) is 3.69. The van der Waals surface area contributed by atoms with Crippen LogP contribution in [0.3, 0.4) is 0 Å². The number of hydrogen-bond donors (Lipinski definition) is 3. The molecule has 6 aliphatic rings. The molecule has 3 aromatic rings. The molecule has 5 fully saturated rings. The SMILES string of the molecule is C=C1CCC(N2C(=O)c3ccc(CN4CC(N5CCC(C)(c6ccc(Nc7nc(N8CCC[C@@H](N9CCN(C)C9=O)C8)cnc7C(N)=O)cc6)CC5)C4)cc3C2=O)C(=O)N1. The van der Waals surface area contributed by atoms with Gasteiger partial charge in [0.25, 0.3) is 17.7 Å². The van der Waals surface area contributed by atoms with E-state index in [4.69, 9.17) is 10.7 Å². The number of nitrogens with one attached hydrogen (secondary N) is 2. The maximum absolute atomic E-state index is 13.4. The number of nitrogens with zero attached hydrogens (tertiary/aromatic N) is 8. The number of hydrogen-bond acceptors (Lipinski definition) is 11. The van der Waals surface area contributed by atoms with Crippen LogP contribution < -0.4 is 21.3 Å². The van der Waals surface area contributed by atoms with Gasteiger partial charge in [-0.1, -0.05) is 31.7 Å². The third-order valence-electron chi connectivity index (χ3n) is 13.6. The number of carbonyl (C=O) groups excluding carboxylic acids is 5. The second kappa shape index (κ2) is 15.6. The van der Waals surface area contributed by atoms with Crippen LogP contribution >= 0.6 is 0 Å². The molecule has 2 aromatic carbocycles. The van der Waals surface area contributed by atoms with Gasteiger partial charge < -0.3 is 31.1 Å². The van der Waals surface area contributed by atoms with Crippen LogP contribution in [0, 0.1) is 0 Å². The lowest BCUT2D eigenvalue weighted by molar-refractivity contribution is -0.125. The van der Waals surface area contributed by atoms with Gasteiger partial charge in [-0.05, 0) is 92.4 Å². The summed E-state index contributed by atoms with van der Waals surface area (Å²) in [5.41, 5.74) is 10.2. The number of aromatic nitrogens is 2. The summed E-state index contributed by atoms with van der Waals surface area (Å²) in [6.07, 6.45) is 6.42. The lowest BCUT2D eigenvalue weighted by atomic mass is 9.74. The van der Waals surface area contributed by atoms with E-state index in [0.717, 1.165) is 87.6 Å². The molecule has 16 heteroatoms. The predicted molar refractivity (Wildman–Crippen MR) is 225 cm³/mol. The average molecular weight is 816 g/mol. The van der Waals surface area contributed by atoms with Crippen LogP contribution in [0.5, 0.6) is 0 Å². The van der Waals surface area contributed by atoms with Crippen molar-refractivity contribution in [3.8, 4) is 0 Å². The van der Waals surface area contributed by atoms with E-state index >= 15 is 0 Å². The highest BCUT2D eigenvalue weighted by Gasteiger charge is 2.44. The van der Waals surface area contributed by atoms with E-state index in [1.165, 1.54) is 5.56 Å². The molecule has 6 amide bonds. The lowest BCUT2D eigenvalue weighted by Crippen LogP contribution is -2.61. The van der Waals surface area contributed by atoms with Gasteiger partial charge in [0.05, 0.1) is 23.4 Å². The van der Waals surface area contributed by atoms with Crippen LogP contribution in [0.15, 0.2) is 60.9 Å². The quantitative estimate of drug-likeness (QED) is 0.256. The van der Waals surface area contributed by atoms with Gasteiger partial charge in [0, 0.05) is 70.3 Å². The number of primary amides is 1. The van der Waals surface area contributed by atoms with Crippen LogP contribution in [0.25, 0.3) is 0 Å². The van der Waals surface area contributed by atoms with E-state index in [0.29, 0.717) is 60.4 Å². The maximum atomic E-state index is 13.4. The smallest absolute Gasteiger partial charge is 0.320 e. The number of piperidine rings is 3. The zero-order valence-corrected chi connectivity index (χ0v) is 34.4. The molecule has 2 atom stereocenters. The van der Waals surface area contributed by atoms with Crippen LogP contribution in [0.2, 0.25) is 0 Å². The maximum Gasteiger partial charge on any atom is 0.320 e. The van der Waals surface area contributed by atoms with Crippen molar-refractivity contribution in [2.24, 2.45) is 5.73 Å². The summed E-state index contributed by atoms with van der Waals surface area (Å²) < 4.78 is 0. The zero-order valence-electron chi connectivity index (χ0n) is 34.4. The van der Waals surface area contributed by atoms with Crippen molar-refractivity contribution in [2.75, 3.05) is 69.6 Å². The van der Waals surface area contributed by atoms with E-state index in [1.807, 2.05) is 36.2 Å². The van der Waals surface area contributed by atoms with Gasteiger partial charge in [-0.3, -0.25) is 33.9 Å². The Morgan fingerprint density at radius 3 is 2.38 bits per heavy atom. The fraction of sp³-hybridized carbons (Fsp3) is 0.477. The molecule has 0 bridgehead atoms. The Kier molecular flexibility index (Phi) is 10.3. The van der Waals surface area contributed by atoms with E-state index < -0.39 is 23.8 Å². The highest BCUT2D eigenvalue weighted by molar-refractivity contribution is 6.23. The molecule has 0 spiro atoms. The topological polar surface area (TPSA) is 181 Å². The molecule has 0 saturated carbocycles. The number of benzene rings is 2. The first kappa shape index (κ1) is 39.6. The Morgan fingerprint density at radius 1 is 0.933 bits per heavy atom. The molecular weight excluding hydrogens is 763 g/mol. The second-order valence-electron chi connectivity index (χ2n) is 17.6. The summed E-state index contributed by atoms with van der Waals surface area (Å²) in [6.45, 7) is 13.6. The zero-order chi connectivity index (χ0) is 41.9. The molecule has 9 rings (SSSR count). The Balaban J connectivity index is 0.777. The molecule has 6 aliphatic heterocycles. The van der Waals surface area contributed by atoms with Crippen LogP contribution in [-0.2, 0) is 16.8 Å². The summed E-state index contributed by atoms with van der Waals surface area (Å²) >= 11 is 0. The van der Waals surface area contributed by atoms with Crippen molar-refractivity contribution in [3.63, 3.8) is 0 Å². The van der Waals surface area contributed by atoms with Crippen molar-refractivity contribution >= 4 is 47.0 Å². The number of urea groups is 1. The van der Waals surface area contributed by atoms with Crippen molar-refractivity contribution in [1.29, 1.82) is 0 Å². The van der Waals surface area contributed by atoms with Gasteiger partial charge in [-0.25, -0.2) is 14.8 Å². The molecule has 314 valence electrons. The first-order valence-electron chi connectivity index (χ1n) is 21.1.